The first-order valence-electron chi connectivity index (χ1n) is 9.04. The molecule has 0 bridgehead atoms. The lowest BCUT2D eigenvalue weighted by molar-refractivity contribution is -0.116. The Bertz CT molecular complexity index is 942. The number of amides is 1. The van der Waals surface area contributed by atoms with Crippen LogP contribution in [0.4, 0.5) is 5.69 Å². The summed E-state index contributed by atoms with van der Waals surface area (Å²) in [6.45, 7) is 0.724. The van der Waals surface area contributed by atoms with Crippen LogP contribution in [0.15, 0.2) is 33.9 Å². The quantitative estimate of drug-likeness (QED) is 0.701. The Labute approximate surface area is 162 Å². The van der Waals surface area contributed by atoms with Crippen LogP contribution in [0.5, 0.6) is 0 Å². The molecular weight excluding hydrogens is 386 g/mol. The molecule has 3 heterocycles. The molecule has 4 rings (SSSR count). The highest BCUT2D eigenvalue weighted by atomic mass is 32.2. The molecule has 0 unspecified atom stereocenters. The molecular formula is C18H21N3O4S2. The summed E-state index contributed by atoms with van der Waals surface area (Å²) in [6.07, 6.45) is 3.07. The van der Waals surface area contributed by atoms with E-state index in [0.29, 0.717) is 24.0 Å². The Hall–Kier alpha value is -1.87. The zero-order chi connectivity index (χ0) is 18.9. The minimum atomic E-state index is -2.91. The smallest absolute Gasteiger partial charge is 0.277 e. The largest absolute Gasteiger partial charge is 0.416 e. The molecule has 0 saturated carbocycles. The molecule has 2 aromatic rings. The number of aryl methyl sites for hydroxylation is 1. The van der Waals surface area contributed by atoms with E-state index in [4.69, 9.17) is 4.42 Å². The number of benzene rings is 1. The number of nitrogens with zero attached hydrogens (tertiary/aromatic N) is 3. The fraction of sp³-hybridized carbons (Fsp3) is 0.500. The monoisotopic (exact) mass is 407 g/mol. The predicted molar refractivity (Wildman–Crippen MR) is 103 cm³/mol. The summed E-state index contributed by atoms with van der Waals surface area (Å²) in [5.41, 5.74) is 2.19. The lowest BCUT2D eigenvalue weighted by atomic mass is 10.0. The van der Waals surface area contributed by atoms with E-state index in [0.717, 1.165) is 25.1 Å². The van der Waals surface area contributed by atoms with Crippen molar-refractivity contribution in [2.45, 2.75) is 30.9 Å². The standard InChI is InChI=1S/C18H21N3O4S2/c22-17(21-8-3-5-14-4-1-2-6-15(14)21)11-26-18-20-19-16(25-18)10-13-7-9-27(23,24)12-13/h1-2,4,6,13H,3,5,7-12H2/t13-/m0/s1. The van der Waals surface area contributed by atoms with Crippen LogP contribution in [-0.2, 0) is 27.5 Å². The second-order valence-electron chi connectivity index (χ2n) is 7.00. The van der Waals surface area contributed by atoms with Gasteiger partial charge in [-0.1, -0.05) is 30.0 Å². The number of hydrogen-bond acceptors (Lipinski definition) is 7. The molecule has 1 fully saturated rings. The number of anilines is 1. The van der Waals surface area contributed by atoms with Crippen molar-refractivity contribution >= 4 is 33.2 Å². The van der Waals surface area contributed by atoms with Crippen LogP contribution in [0, 0.1) is 5.92 Å². The number of carbonyl (C=O) groups is 1. The van der Waals surface area contributed by atoms with Gasteiger partial charge < -0.3 is 9.32 Å². The lowest BCUT2D eigenvalue weighted by Crippen LogP contribution is -2.36. The molecule has 1 atom stereocenters. The number of thioether (sulfide) groups is 1. The summed E-state index contributed by atoms with van der Waals surface area (Å²) < 4.78 is 28.7. The Balaban J connectivity index is 1.33. The molecule has 0 N–H and O–H groups in total. The zero-order valence-electron chi connectivity index (χ0n) is 14.8. The molecule has 0 spiro atoms. The summed E-state index contributed by atoms with van der Waals surface area (Å²) in [7, 11) is -2.91. The number of carbonyl (C=O) groups excluding carboxylic acids is 1. The van der Waals surface area contributed by atoms with Crippen molar-refractivity contribution in [3.05, 3.63) is 35.7 Å². The maximum absolute atomic E-state index is 12.6. The number of sulfone groups is 1. The highest BCUT2D eigenvalue weighted by Gasteiger charge is 2.29. The van der Waals surface area contributed by atoms with Gasteiger partial charge in [-0.3, -0.25) is 4.79 Å². The van der Waals surface area contributed by atoms with Crippen LogP contribution < -0.4 is 4.90 Å². The molecule has 0 radical (unpaired) electrons. The SMILES string of the molecule is O=C(CSc1nnc(C[C@@H]2CCS(=O)(=O)C2)o1)N1CCCc2ccccc21. The van der Waals surface area contributed by atoms with E-state index < -0.39 is 9.84 Å². The highest BCUT2D eigenvalue weighted by Crippen LogP contribution is 2.28. The van der Waals surface area contributed by atoms with E-state index in [2.05, 4.69) is 16.3 Å². The van der Waals surface area contributed by atoms with Crippen molar-refractivity contribution in [1.29, 1.82) is 0 Å². The number of hydrogen-bond donors (Lipinski definition) is 0. The molecule has 9 heteroatoms. The average molecular weight is 408 g/mol. The maximum atomic E-state index is 12.6. The third kappa shape index (κ3) is 4.35. The molecule has 144 valence electrons. The number of fused-ring (bicyclic) bond motifs is 1. The molecule has 1 amide bonds. The van der Waals surface area contributed by atoms with E-state index in [-0.39, 0.29) is 29.1 Å². The van der Waals surface area contributed by atoms with Gasteiger partial charge in [-0.25, -0.2) is 8.42 Å². The molecule has 2 aliphatic heterocycles. The van der Waals surface area contributed by atoms with Crippen LogP contribution in [-0.4, -0.2) is 48.3 Å². The van der Waals surface area contributed by atoms with E-state index >= 15 is 0 Å². The van der Waals surface area contributed by atoms with Gasteiger partial charge in [-0.2, -0.15) is 0 Å². The van der Waals surface area contributed by atoms with Crippen LogP contribution in [0.25, 0.3) is 0 Å². The number of aromatic nitrogens is 2. The van der Waals surface area contributed by atoms with Gasteiger partial charge in [0.2, 0.25) is 11.8 Å². The van der Waals surface area contributed by atoms with Crippen molar-refractivity contribution in [2.24, 2.45) is 5.92 Å². The number of para-hydroxylation sites is 1. The third-order valence-corrected chi connectivity index (χ3v) is 7.61. The van der Waals surface area contributed by atoms with Gasteiger partial charge >= 0.3 is 0 Å². The third-order valence-electron chi connectivity index (χ3n) is 4.97. The Morgan fingerprint density at radius 3 is 2.96 bits per heavy atom. The van der Waals surface area contributed by atoms with Gasteiger partial charge in [0.25, 0.3) is 5.22 Å². The first-order valence-corrected chi connectivity index (χ1v) is 11.8. The van der Waals surface area contributed by atoms with Crippen molar-refractivity contribution in [2.75, 3.05) is 28.7 Å². The topological polar surface area (TPSA) is 93.4 Å². The van der Waals surface area contributed by atoms with Crippen molar-refractivity contribution < 1.29 is 17.6 Å². The van der Waals surface area contributed by atoms with E-state index in [1.165, 1.54) is 17.3 Å². The van der Waals surface area contributed by atoms with Gasteiger partial charge in [0.15, 0.2) is 9.84 Å². The second-order valence-corrected chi connectivity index (χ2v) is 10.2. The molecule has 1 aromatic heterocycles. The van der Waals surface area contributed by atoms with Gasteiger partial charge in [-0.05, 0) is 36.8 Å². The summed E-state index contributed by atoms with van der Waals surface area (Å²) >= 11 is 1.23. The fourth-order valence-corrected chi connectivity index (χ4v) is 6.17. The molecule has 7 nitrogen and oxygen atoms in total. The highest BCUT2D eigenvalue weighted by molar-refractivity contribution is 7.99. The molecule has 2 aliphatic rings. The number of rotatable bonds is 5. The minimum absolute atomic E-state index is 0.0220. The zero-order valence-corrected chi connectivity index (χ0v) is 16.5. The van der Waals surface area contributed by atoms with Crippen LogP contribution >= 0.6 is 11.8 Å². The van der Waals surface area contributed by atoms with Crippen LogP contribution in [0.3, 0.4) is 0 Å². The first kappa shape index (κ1) is 18.5. The van der Waals surface area contributed by atoms with Gasteiger partial charge in [-0.15, -0.1) is 10.2 Å². The average Bonchev–Trinajstić information content (AvgIpc) is 3.25. The van der Waals surface area contributed by atoms with E-state index in [1.54, 1.807) is 0 Å². The Morgan fingerprint density at radius 2 is 2.15 bits per heavy atom. The molecule has 1 aromatic carbocycles. The summed E-state index contributed by atoms with van der Waals surface area (Å²) in [5, 5.41) is 8.33. The lowest BCUT2D eigenvalue weighted by Gasteiger charge is -2.29. The maximum Gasteiger partial charge on any atom is 0.277 e. The van der Waals surface area contributed by atoms with Crippen LogP contribution in [0.1, 0.15) is 24.3 Å². The van der Waals surface area contributed by atoms with Gasteiger partial charge in [0.05, 0.1) is 17.3 Å². The van der Waals surface area contributed by atoms with E-state index in [9.17, 15) is 13.2 Å². The van der Waals surface area contributed by atoms with Crippen LogP contribution in [0.2, 0.25) is 0 Å². The van der Waals surface area contributed by atoms with Gasteiger partial charge in [0.1, 0.15) is 0 Å². The summed E-state index contributed by atoms with van der Waals surface area (Å²) in [4.78, 5) is 14.5. The Morgan fingerprint density at radius 1 is 1.30 bits per heavy atom. The second kappa shape index (κ2) is 7.63. The predicted octanol–water partition coefficient (Wildman–Crippen LogP) is 2.12. The van der Waals surface area contributed by atoms with Crippen molar-refractivity contribution in [1.82, 2.24) is 10.2 Å². The van der Waals surface area contributed by atoms with E-state index in [1.807, 2.05) is 23.1 Å². The molecule has 1 saturated heterocycles. The molecule has 27 heavy (non-hydrogen) atoms. The minimum Gasteiger partial charge on any atom is -0.416 e. The molecule has 0 aliphatic carbocycles. The normalized spacial score (nSPS) is 21.2. The summed E-state index contributed by atoms with van der Waals surface area (Å²) in [6, 6.07) is 8.00. The Kier molecular flexibility index (Phi) is 5.23. The van der Waals surface area contributed by atoms with Gasteiger partial charge in [0, 0.05) is 18.7 Å². The fourth-order valence-electron chi connectivity index (χ4n) is 3.65. The van der Waals surface area contributed by atoms with Crippen molar-refractivity contribution in [3.8, 4) is 0 Å². The first-order chi connectivity index (χ1) is 13.0. The summed E-state index contributed by atoms with van der Waals surface area (Å²) in [5.74, 6) is 1.15. The van der Waals surface area contributed by atoms with Crippen molar-refractivity contribution in [3.63, 3.8) is 0 Å².